The molecule has 0 saturated heterocycles. The Hall–Kier alpha value is -3.87. The molecular formula is C24H24N2O5. The number of carbonyl (C=O) groups excluding carboxylic acids is 2. The van der Waals surface area contributed by atoms with E-state index in [1.807, 2.05) is 36.7 Å². The minimum atomic E-state index is -0.492. The molecule has 0 saturated carbocycles. The van der Waals surface area contributed by atoms with Crippen LogP contribution in [0.5, 0.6) is 11.5 Å². The maximum atomic E-state index is 12.6. The van der Waals surface area contributed by atoms with Crippen LogP contribution in [0.15, 0.2) is 54.6 Å². The zero-order chi connectivity index (χ0) is 22.4. The maximum absolute atomic E-state index is 12.6. The van der Waals surface area contributed by atoms with Crippen molar-refractivity contribution >= 4 is 18.0 Å². The van der Waals surface area contributed by atoms with Crippen LogP contribution in [-0.4, -0.2) is 35.9 Å². The molecule has 0 atom stereocenters. The van der Waals surface area contributed by atoms with Crippen molar-refractivity contribution in [3.63, 3.8) is 0 Å². The number of methoxy groups -OCH3 is 2. The zero-order valence-corrected chi connectivity index (χ0v) is 17.9. The molecule has 160 valence electrons. The average molecular weight is 420 g/mol. The standard InChI is InChI=1S/C24H24N2O5/c1-16-13-17(2)26(25-16)15-19-5-9-20(10-6-19)24(28)31-21-11-7-18(14-22(21)29-3)8-12-23(27)30-4/h5-14H,15H2,1-4H3/b12-8+. The summed E-state index contributed by atoms with van der Waals surface area (Å²) < 4.78 is 17.3. The summed E-state index contributed by atoms with van der Waals surface area (Å²) in [5, 5.41) is 4.45. The maximum Gasteiger partial charge on any atom is 0.343 e. The van der Waals surface area contributed by atoms with Crippen molar-refractivity contribution in [1.29, 1.82) is 0 Å². The van der Waals surface area contributed by atoms with Crippen LogP contribution in [0.4, 0.5) is 0 Å². The fourth-order valence-corrected chi connectivity index (χ4v) is 3.02. The third-order valence-corrected chi connectivity index (χ3v) is 4.63. The van der Waals surface area contributed by atoms with Gasteiger partial charge in [0, 0.05) is 11.8 Å². The minimum Gasteiger partial charge on any atom is -0.493 e. The van der Waals surface area contributed by atoms with Crippen LogP contribution >= 0.6 is 0 Å². The van der Waals surface area contributed by atoms with Gasteiger partial charge in [-0.1, -0.05) is 18.2 Å². The summed E-state index contributed by atoms with van der Waals surface area (Å²) in [6, 6.07) is 14.2. The highest BCUT2D eigenvalue weighted by Gasteiger charge is 2.13. The van der Waals surface area contributed by atoms with E-state index in [1.165, 1.54) is 20.3 Å². The van der Waals surface area contributed by atoms with Crippen molar-refractivity contribution in [3.8, 4) is 11.5 Å². The number of esters is 2. The van der Waals surface area contributed by atoms with Gasteiger partial charge in [-0.2, -0.15) is 5.10 Å². The number of nitrogens with zero attached hydrogens (tertiary/aromatic N) is 2. The molecule has 31 heavy (non-hydrogen) atoms. The van der Waals surface area contributed by atoms with Crippen molar-refractivity contribution in [2.45, 2.75) is 20.4 Å². The third-order valence-electron chi connectivity index (χ3n) is 4.63. The second-order valence-corrected chi connectivity index (χ2v) is 6.94. The van der Waals surface area contributed by atoms with E-state index in [4.69, 9.17) is 9.47 Å². The van der Waals surface area contributed by atoms with Gasteiger partial charge in [0.15, 0.2) is 11.5 Å². The SMILES string of the molecule is COC(=O)/C=C/c1ccc(OC(=O)c2ccc(Cn3nc(C)cc3C)cc2)c(OC)c1. The van der Waals surface area contributed by atoms with Gasteiger partial charge in [0.05, 0.1) is 32.0 Å². The molecule has 0 amide bonds. The van der Waals surface area contributed by atoms with E-state index in [0.29, 0.717) is 23.4 Å². The number of aryl methyl sites for hydroxylation is 2. The van der Waals surface area contributed by atoms with E-state index >= 15 is 0 Å². The molecule has 0 N–H and O–H groups in total. The Bertz CT molecular complexity index is 1110. The summed E-state index contributed by atoms with van der Waals surface area (Å²) in [6.07, 6.45) is 2.88. The Kier molecular flexibility index (Phi) is 6.87. The van der Waals surface area contributed by atoms with Crippen LogP contribution in [0.25, 0.3) is 6.08 Å². The fraction of sp³-hybridized carbons (Fsp3) is 0.208. The van der Waals surface area contributed by atoms with E-state index in [0.717, 1.165) is 17.0 Å². The van der Waals surface area contributed by atoms with Crippen molar-refractivity contribution < 1.29 is 23.8 Å². The van der Waals surface area contributed by atoms with Gasteiger partial charge in [-0.15, -0.1) is 0 Å². The van der Waals surface area contributed by atoms with E-state index in [1.54, 1.807) is 36.4 Å². The van der Waals surface area contributed by atoms with Crippen molar-refractivity contribution in [2.24, 2.45) is 0 Å². The number of ether oxygens (including phenoxy) is 3. The first-order chi connectivity index (χ1) is 14.9. The van der Waals surface area contributed by atoms with E-state index in [-0.39, 0.29) is 5.75 Å². The van der Waals surface area contributed by atoms with Crippen molar-refractivity contribution in [3.05, 3.63) is 82.7 Å². The Morgan fingerprint density at radius 1 is 1.00 bits per heavy atom. The number of rotatable bonds is 7. The van der Waals surface area contributed by atoms with Crippen LogP contribution in [0.2, 0.25) is 0 Å². The largest absolute Gasteiger partial charge is 0.493 e. The molecule has 0 fully saturated rings. The second-order valence-electron chi connectivity index (χ2n) is 6.94. The molecule has 3 rings (SSSR count). The molecule has 0 aliphatic carbocycles. The van der Waals surface area contributed by atoms with Crippen LogP contribution in [0.1, 0.15) is 32.9 Å². The molecule has 7 heteroatoms. The van der Waals surface area contributed by atoms with E-state index in [2.05, 4.69) is 9.84 Å². The summed E-state index contributed by atoms with van der Waals surface area (Å²) in [6.45, 7) is 4.60. The molecule has 1 heterocycles. The molecule has 0 aliphatic heterocycles. The predicted molar refractivity (Wildman–Crippen MR) is 116 cm³/mol. The van der Waals surface area contributed by atoms with Gasteiger partial charge in [0.1, 0.15) is 0 Å². The lowest BCUT2D eigenvalue weighted by atomic mass is 10.1. The third kappa shape index (κ3) is 5.60. The number of hydrogen-bond donors (Lipinski definition) is 0. The van der Waals surface area contributed by atoms with Gasteiger partial charge in [-0.3, -0.25) is 4.68 Å². The molecule has 0 aliphatic rings. The number of hydrogen-bond acceptors (Lipinski definition) is 6. The van der Waals surface area contributed by atoms with Gasteiger partial charge in [0.2, 0.25) is 0 Å². The van der Waals surface area contributed by atoms with Gasteiger partial charge in [-0.25, -0.2) is 9.59 Å². The predicted octanol–water partition coefficient (Wildman–Crippen LogP) is 3.96. The van der Waals surface area contributed by atoms with Crippen LogP contribution in [0.3, 0.4) is 0 Å². The zero-order valence-electron chi connectivity index (χ0n) is 17.9. The molecule has 0 radical (unpaired) electrons. The summed E-state index contributed by atoms with van der Waals surface area (Å²) in [7, 11) is 2.79. The van der Waals surface area contributed by atoms with Crippen LogP contribution < -0.4 is 9.47 Å². The van der Waals surface area contributed by atoms with Crippen molar-refractivity contribution in [1.82, 2.24) is 9.78 Å². The smallest absolute Gasteiger partial charge is 0.343 e. The quantitative estimate of drug-likeness (QED) is 0.327. The highest BCUT2D eigenvalue weighted by molar-refractivity contribution is 5.91. The number of benzene rings is 2. The second kappa shape index (κ2) is 9.75. The van der Waals surface area contributed by atoms with Gasteiger partial charge >= 0.3 is 11.9 Å². The number of carbonyl (C=O) groups is 2. The van der Waals surface area contributed by atoms with E-state index in [9.17, 15) is 9.59 Å². The van der Waals surface area contributed by atoms with Gasteiger partial charge in [-0.05, 0) is 61.4 Å². The molecule has 0 unspecified atom stereocenters. The Morgan fingerprint density at radius 2 is 1.74 bits per heavy atom. The average Bonchev–Trinajstić information content (AvgIpc) is 3.09. The van der Waals surface area contributed by atoms with Crippen LogP contribution in [-0.2, 0) is 16.1 Å². The number of aromatic nitrogens is 2. The first-order valence-corrected chi connectivity index (χ1v) is 9.66. The highest BCUT2D eigenvalue weighted by atomic mass is 16.6. The lowest BCUT2D eigenvalue weighted by molar-refractivity contribution is -0.134. The van der Waals surface area contributed by atoms with Crippen LogP contribution in [0, 0.1) is 13.8 Å². The first kappa shape index (κ1) is 21.8. The Morgan fingerprint density at radius 3 is 2.35 bits per heavy atom. The lowest BCUT2D eigenvalue weighted by Crippen LogP contribution is -2.10. The summed E-state index contributed by atoms with van der Waals surface area (Å²) in [5.41, 5.74) is 4.21. The van der Waals surface area contributed by atoms with Gasteiger partial charge in [0.25, 0.3) is 0 Å². The molecular weight excluding hydrogens is 396 g/mol. The lowest BCUT2D eigenvalue weighted by Gasteiger charge is -2.10. The minimum absolute atomic E-state index is 0.287. The summed E-state index contributed by atoms with van der Waals surface area (Å²) in [4.78, 5) is 23.8. The molecule has 1 aromatic heterocycles. The normalized spacial score (nSPS) is 10.8. The van der Waals surface area contributed by atoms with E-state index < -0.39 is 11.9 Å². The Labute approximate surface area is 180 Å². The highest BCUT2D eigenvalue weighted by Crippen LogP contribution is 2.29. The monoisotopic (exact) mass is 420 g/mol. The first-order valence-electron chi connectivity index (χ1n) is 9.66. The molecule has 0 spiro atoms. The molecule has 2 aromatic carbocycles. The molecule has 7 nitrogen and oxygen atoms in total. The van der Waals surface area contributed by atoms with Crippen molar-refractivity contribution in [2.75, 3.05) is 14.2 Å². The van der Waals surface area contributed by atoms with Gasteiger partial charge < -0.3 is 14.2 Å². The molecule has 3 aromatic rings. The summed E-state index contributed by atoms with van der Waals surface area (Å²) >= 11 is 0. The fourth-order valence-electron chi connectivity index (χ4n) is 3.02. The topological polar surface area (TPSA) is 79.7 Å². The summed E-state index contributed by atoms with van der Waals surface area (Å²) in [5.74, 6) is -0.291. The molecule has 0 bridgehead atoms. The Balaban J connectivity index is 1.70.